The summed E-state index contributed by atoms with van der Waals surface area (Å²) in [6.07, 6.45) is 1.96. The molecule has 1 aromatic heterocycles. The van der Waals surface area contributed by atoms with Crippen molar-refractivity contribution in [2.45, 2.75) is 19.8 Å². The number of nitrogens with zero attached hydrogens (tertiary/aromatic N) is 1. The van der Waals surface area contributed by atoms with Gasteiger partial charge in [-0.3, -0.25) is 4.90 Å². The van der Waals surface area contributed by atoms with E-state index < -0.39 is 0 Å². The normalized spacial score (nSPS) is 10.8. The molecule has 0 spiro atoms. The van der Waals surface area contributed by atoms with Gasteiger partial charge in [0, 0.05) is 27.7 Å². The molecule has 0 unspecified atom stereocenters. The summed E-state index contributed by atoms with van der Waals surface area (Å²) in [6, 6.07) is 17.0. The molecular formula is C24H26N2. The number of aromatic amines is 1. The highest BCUT2D eigenvalue weighted by Gasteiger charge is 2.12. The fourth-order valence-corrected chi connectivity index (χ4v) is 3.22. The Bertz CT molecular complexity index is 966. The zero-order valence-corrected chi connectivity index (χ0v) is 15.9. The molecule has 0 fully saturated rings. The lowest BCUT2D eigenvalue weighted by molar-refractivity contribution is 0.464. The van der Waals surface area contributed by atoms with Gasteiger partial charge in [-0.2, -0.15) is 0 Å². The summed E-state index contributed by atoms with van der Waals surface area (Å²) in [5.74, 6) is 6.48. The summed E-state index contributed by atoms with van der Waals surface area (Å²) in [4.78, 5) is 5.56. The van der Waals surface area contributed by atoms with E-state index in [0.29, 0.717) is 0 Å². The van der Waals surface area contributed by atoms with Crippen molar-refractivity contribution in [3.05, 3.63) is 77.5 Å². The molecule has 1 heterocycles. The molecule has 26 heavy (non-hydrogen) atoms. The molecule has 0 aliphatic heterocycles. The highest BCUT2D eigenvalue weighted by Crippen LogP contribution is 2.31. The smallest absolute Gasteiger partial charge is 0.0600 e. The molecule has 0 saturated heterocycles. The van der Waals surface area contributed by atoms with E-state index in [2.05, 4.69) is 83.8 Å². The molecular weight excluding hydrogens is 316 g/mol. The van der Waals surface area contributed by atoms with Gasteiger partial charge in [0.2, 0.25) is 0 Å². The van der Waals surface area contributed by atoms with Gasteiger partial charge in [-0.05, 0) is 63.2 Å². The van der Waals surface area contributed by atoms with Crippen LogP contribution in [0.3, 0.4) is 0 Å². The van der Waals surface area contributed by atoms with Crippen LogP contribution in [0.25, 0.3) is 16.5 Å². The maximum absolute atomic E-state index is 4.38. The Balaban J connectivity index is 1.85. The van der Waals surface area contributed by atoms with Gasteiger partial charge in [-0.25, -0.2) is 0 Å². The number of nitrogens with one attached hydrogen (secondary N) is 1. The Morgan fingerprint density at radius 1 is 1.12 bits per heavy atom. The topological polar surface area (TPSA) is 19.0 Å². The van der Waals surface area contributed by atoms with E-state index in [1.807, 2.05) is 14.1 Å². The largest absolute Gasteiger partial charge is 0.358 e. The Morgan fingerprint density at radius 2 is 1.88 bits per heavy atom. The van der Waals surface area contributed by atoms with Crippen LogP contribution in [0.2, 0.25) is 0 Å². The summed E-state index contributed by atoms with van der Waals surface area (Å²) in [6.45, 7) is 7.27. The fourth-order valence-electron chi connectivity index (χ4n) is 3.22. The van der Waals surface area contributed by atoms with E-state index in [1.165, 1.54) is 27.8 Å². The number of hydrogen-bond acceptors (Lipinski definition) is 1. The molecule has 2 nitrogen and oxygen atoms in total. The van der Waals surface area contributed by atoms with Gasteiger partial charge in [-0.15, -0.1) is 0 Å². The molecule has 3 rings (SSSR count). The van der Waals surface area contributed by atoms with Crippen molar-refractivity contribution in [1.82, 2.24) is 9.88 Å². The quantitative estimate of drug-likeness (QED) is 0.644. The molecule has 132 valence electrons. The lowest BCUT2D eigenvalue weighted by atomic mass is 9.97. The predicted octanol–water partition coefficient (Wildman–Crippen LogP) is 5.04. The van der Waals surface area contributed by atoms with Crippen LogP contribution in [0.1, 0.15) is 28.8 Å². The molecule has 0 aliphatic carbocycles. The van der Waals surface area contributed by atoms with Gasteiger partial charge < -0.3 is 4.98 Å². The summed E-state index contributed by atoms with van der Waals surface area (Å²) < 4.78 is 0. The van der Waals surface area contributed by atoms with Crippen LogP contribution < -0.4 is 0 Å². The molecule has 2 heteroatoms. The number of hydrogen-bond donors (Lipinski definition) is 1. The van der Waals surface area contributed by atoms with Crippen LogP contribution in [0.15, 0.2) is 55.1 Å². The first-order valence-corrected chi connectivity index (χ1v) is 9.02. The minimum Gasteiger partial charge on any atom is -0.358 e. The summed E-state index contributed by atoms with van der Waals surface area (Å²) in [5.41, 5.74) is 7.15. The first kappa shape index (κ1) is 18.0. The van der Waals surface area contributed by atoms with Crippen molar-refractivity contribution in [2.75, 3.05) is 20.6 Å². The highest BCUT2D eigenvalue weighted by molar-refractivity contribution is 5.94. The number of aromatic nitrogens is 1. The van der Waals surface area contributed by atoms with Crippen LogP contribution >= 0.6 is 0 Å². The molecule has 2 aromatic carbocycles. The van der Waals surface area contributed by atoms with Crippen molar-refractivity contribution in [1.29, 1.82) is 0 Å². The van der Waals surface area contributed by atoms with E-state index in [1.54, 1.807) is 0 Å². The van der Waals surface area contributed by atoms with Crippen LogP contribution in [0.5, 0.6) is 0 Å². The Morgan fingerprint density at radius 3 is 2.62 bits per heavy atom. The lowest BCUT2D eigenvalue weighted by Gasteiger charge is -2.07. The molecule has 0 radical (unpaired) electrons. The Kier molecular flexibility index (Phi) is 5.61. The van der Waals surface area contributed by atoms with Crippen LogP contribution in [-0.2, 0) is 6.42 Å². The third kappa shape index (κ3) is 4.25. The van der Waals surface area contributed by atoms with Crippen molar-refractivity contribution in [2.24, 2.45) is 0 Å². The van der Waals surface area contributed by atoms with Gasteiger partial charge >= 0.3 is 0 Å². The average molecular weight is 342 g/mol. The SMILES string of the molecule is C=C(CCc1ccccc1)c1c(C)[nH]c2ccc(C#CCN(C)C)cc12. The maximum Gasteiger partial charge on any atom is 0.0600 e. The Labute approximate surface area is 156 Å². The van der Waals surface area contributed by atoms with Crippen LogP contribution in [0.4, 0.5) is 0 Å². The van der Waals surface area contributed by atoms with Crippen LogP contribution in [0, 0.1) is 18.8 Å². The van der Waals surface area contributed by atoms with E-state index in [4.69, 9.17) is 0 Å². The van der Waals surface area contributed by atoms with Gasteiger partial charge in [0.25, 0.3) is 0 Å². The van der Waals surface area contributed by atoms with Gasteiger partial charge in [0.05, 0.1) is 6.54 Å². The monoisotopic (exact) mass is 342 g/mol. The van der Waals surface area contributed by atoms with Crippen molar-refractivity contribution in [3.63, 3.8) is 0 Å². The first-order valence-electron chi connectivity index (χ1n) is 9.02. The zero-order chi connectivity index (χ0) is 18.5. The fraction of sp³-hybridized carbons (Fsp3) is 0.250. The van der Waals surface area contributed by atoms with E-state index >= 15 is 0 Å². The molecule has 0 atom stereocenters. The molecule has 0 bridgehead atoms. The minimum absolute atomic E-state index is 0.765. The third-order valence-electron chi connectivity index (χ3n) is 4.53. The molecule has 1 N–H and O–H groups in total. The molecule has 0 saturated carbocycles. The molecule has 3 aromatic rings. The molecule has 0 aliphatic rings. The van der Waals surface area contributed by atoms with Crippen molar-refractivity contribution >= 4 is 16.5 Å². The van der Waals surface area contributed by atoms with Crippen molar-refractivity contribution < 1.29 is 0 Å². The van der Waals surface area contributed by atoms with Gasteiger partial charge in [0.1, 0.15) is 0 Å². The second-order valence-electron chi connectivity index (χ2n) is 7.01. The minimum atomic E-state index is 0.765. The summed E-state index contributed by atoms with van der Waals surface area (Å²) in [7, 11) is 4.06. The lowest BCUT2D eigenvalue weighted by Crippen LogP contribution is -2.10. The van der Waals surface area contributed by atoms with Gasteiger partial charge in [0.15, 0.2) is 0 Å². The first-order chi connectivity index (χ1) is 12.5. The number of allylic oxidation sites excluding steroid dienone is 1. The molecule has 0 amide bonds. The van der Waals surface area contributed by atoms with Crippen LogP contribution in [-0.4, -0.2) is 30.5 Å². The number of H-pyrrole nitrogens is 1. The maximum atomic E-state index is 4.38. The summed E-state index contributed by atoms with van der Waals surface area (Å²) in [5, 5.41) is 1.22. The number of benzene rings is 2. The second kappa shape index (κ2) is 8.08. The van der Waals surface area contributed by atoms with Gasteiger partial charge in [-0.1, -0.05) is 48.8 Å². The Hall–Kier alpha value is -2.76. The number of rotatable bonds is 5. The summed E-state index contributed by atoms with van der Waals surface area (Å²) >= 11 is 0. The number of fused-ring (bicyclic) bond motifs is 1. The highest BCUT2D eigenvalue weighted by atomic mass is 15.0. The predicted molar refractivity (Wildman–Crippen MR) is 112 cm³/mol. The van der Waals surface area contributed by atoms with E-state index in [9.17, 15) is 0 Å². The van der Waals surface area contributed by atoms with E-state index in [0.717, 1.165) is 30.5 Å². The standard InChI is InChI=1S/C24H26N2/c1-18(12-13-20-9-6-5-7-10-20)24-19(2)25-23-15-14-21(17-22(23)24)11-8-16-26(3)4/h5-7,9-10,14-15,17,25H,1,12-13,16H2,2-4H3. The third-order valence-corrected chi connectivity index (χ3v) is 4.53. The second-order valence-corrected chi connectivity index (χ2v) is 7.01. The van der Waals surface area contributed by atoms with E-state index in [-0.39, 0.29) is 0 Å². The average Bonchev–Trinajstić information content (AvgIpc) is 2.95. The zero-order valence-electron chi connectivity index (χ0n) is 15.9. The van der Waals surface area contributed by atoms with Crippen molar-refractivity contribution in [3.8, 4) is 11.8 Å². The number of aryl methyl sites for hydroxylation is 2.